The molecular formula is C20H31ClN2O4. The van der Waals surface area contributed by atoms with E-state index in [0.29, 0.717) is 49.0 Å². The second-order valence-electron chi connectivity index (χ2n) is 6.83. The van der Waals surface area contributed by atoms with Gasteiger partial charge in [0.25, 0.3) is 0 Å². The van der Waals surface area contributed by atoms with Gasteiger partial charge in [-0.15, -0.1) is 12.4 Å². The fourth-order valence-electron chi connectivity index (χ4n) is 3.38. The topological polar surface area (TPSA) is 90.6 Å². The van der Waals surface area contributed by atoms with Gasteiger partial charge in [-0.1, -0.05) is 12.8 Å². The average Bonchev–Trinajstić information content (AvgIpc) is 2.65. The monoisotopic (exact) mass is 398 g/mol. The first-order chi connectivity index (χ1) is 12.5. The molecule has 1 saturated carbocycles. The van der Waals surface area contributed by atoms with Crippen molar-refractivity contribution in [2.24, 2.45) is 11.7 Å². The third-order valence-corrected chi connectivity index (χ3v) is 4.93. The van der Waals surface area contributed by atoms with Crippen molar-refractivity contribution in [3.63, 3.8) is 0 Å². The Morgan fingerprint density at radius 1 is 1.22 bits per heavy atom. The van der Waals surface area contributed by atoms with Crippen LogP contribution in [0.1, 0.15) is 55.8 Å². The van der Waals surface area contributed by atoms with Gasteiger partial charge in [0.15, 0.2) is 17.3 Å². The Morgan fingerprint density at radius 2 is 1.96 bits per heavy atom. The van der Waals surface area contributed by atoms with Crippen molar-refractivity contribution < 1.29 is 19.1 Å². The summed E-state index contributed by atoms with van der Waals surface area (Å²) in [6, 6.07) is 5.31. The van der Waals surface area contributed by atoms with Crippen molar-refractivity contribution in [2.75, 3.05) is 20.3 Å². The minimum Gasteiger partial charge on any atom is -0.493 e. The second kappa shape index (κ2) is 11.8. The molecule has 2 unspecified atom stereocenters. The molecule has 1 fully saturated rings. The van der Waals surface area contributed by atoms with Gasteiger partial charge in [0.1, 0.15) is 0 Å². The predicted molar refractivity (Wildman–Crippen MR) is 108 cm³/mol. The summed E-state index contributed by atoms with van der Waals surface area (Å²) >= 11 is 0. The van der Waals surface area contributed by atoms with Crippen LogP contribution < -0.4 is 20.5 Å². The van der Waals surface area contributed by atoms with Crippen LogP contribution >= 0.6 is 12.4 Å². The number of nitrogens with two attached hydrogens (primary N) is 1. The van der Waals surface area contributed by atoms with Crippen molar-refractivity contribution in [1.82, 2.24) is 5.32 Å². The number of nitrogens with one attached hydrogen (secondary N) is 1. The number of ketones is 1. The molecule has 0 aliphatic heterocycles. The molecule has 2 atom stereocenters. The van der Waals surface area contributed by atoms with E-state index >= 15 is 0 Å². The fraction of sp³-hybridized carbons (Fsp3) is 0.600. The number of carbonyl (C=O) groups is 2. The predicted octanol–water partition coefficient (Wildman–Crippen LogP) is 3.11. The van der Waals surface area contributed by atoms with Crippen LogP contribution in [0.3, 0.4) is 0 Å². The van der Waals surface area contributed by atoms with E-state index in [9.17, 15) is 9.59 Å². The zero-order chi connectivity index (χ0) is 18.9. The lowest BCUT2D eigenvalue weighted by Gasteiger charge is -2.31. The zero-order valence-corrected chi connectivity index (χ0v) is 17.0. The minimum atomic E-state index is -0.0231. The first-order valence-electron chi connectivity index (χ1n) is 9.36. The van der Waals surface area contributed by atoms with Crippen LogP contribution in [0.15, 0.2) is 18.2 Å². The number of amides is 1. The van der Waals surface area contributed by atoms with Crippen LogP contribution in [0.5, 0.6) is 11.5 Å². The summed E-state index contributed by atoms with van der Waals surface area (Å²) in [5.41, 5.74) is 6.39. The highest BCUT2D eigenvalue weighted by atomic mass is 35.5. The molecule has 0 saturated heterocycles. The SMILES string of the molecule is COc1cc(C(C)=O)ccc1OCCCC(=O)NC1CCCCC1CN.Cl. The molecule has 3 N–H and O–H groups in total. The van der Waals surface area contributed by atoms with E-state index in [1.807, 2.05) is 0 Å². The van der Waals surface area contributed by atoms with Crippen molar-refractivity contribution in [2.45, 2.75) is 51.5 Å². The van der Waals surface area contributed by atoms with Crippen LogP contribution in [-0.4, -0.2) is 38.0 Å². The van der Waals surface area contributed by atoms with Gasteiger partial charge in [-0.2, -0.15) is 0 Å². The molecule has 27 heavy (non-hydrogen) atoms. The molecule has 1 aliphatic rings. The van der Waals surface area contributed by atoms with E-state index in [1.54, 1.807) is 18.2 Å². The van der Waals surface area contributed by atoms with Crippen LogP contribution in [-0.2, 0) is 4.79 Å². The number of rotatable bonds is 9. The average molecular weight is 399 g/mol. The Kier molecular flexibility index (Phi) is 10.2. The van der Waals surface area contributed by atoms with Crippen molar-refractivity contribution in [1.29, 1.82) is 0 Å². The maximum atomic E-state index is 12.2. The normalized spacial score (nSPS) is 18.9. The Bertz CT molecular complexity index is 624. The molecule has 1 aliphatic carbocycles. The van der Waals surface area contributed by atoms with E-state index in [1.165, 1.54) is 20.5 Å². The number of carbonyl (C=O) groups excluding carboxylic acids is 2. The Hall–Kier alpha value is -1.79. The summed E-state index contributed by atoms with van der Waals surface area (Å²) in [4.78, 5) is 23.6. The van der Waals surface area contributed by atoms with Gasteiger partial charge < -0.3 is 20.5 Å². The molecule has 7 heteroatoms. The van der Waals surface area contributed by atoms with E-state index in [2.05, 4.69) is 5.32 Å². The molecule has 0 bridgehead atoms. The van der Waals surface area contributed by atoms with Crippen molar-refractivity contribution >= 4 is 24.1 Å². The molecular weight excluding hydrogens is 368 g/mol. The van der Waals surface area contributed by atoms with Gasteiger partial charge in [-0.05, 0) is 56.8 Å². The summed E-state index contributed by atoms with van der Waals surface area (Å²) in [7, 11) is 1.54. The number of hydrogen-bond donors (Lipinski definition) is 2. The first kappa shape index (κ1) is 23.2. The standard InChI is InChI=1S/C20H30N2O4.ClH/c1-14(23)15-9-10-18(19(12-15)25-2)26-11-5-8-20(24)22-17-7-4-3-6-16(17)13-21;/h9-10,12,16-17H,3-8,11,13,21H2,1-2H3,(H,22,24);1H. The summed E-state index contributed by atoms with van der Waals surface area (Å²) in [6.07, 6.45) is 5.50. The maximum absolute atomic E-state index is 12.2. The molecule has 1 aromatic rings. The van der Waals surface area contributed by atoms with Crippen molar-refractivity contribution in [3.05, 3.63) is 23.8 Å². The van der Waals surface area contributed by atoms with Gasteiger partial charge >= 0.3 is 0 Å². The third-order valence-electron chi connectivity index (χ3n) is 4.93. The van der Waals surface area contributed by atoms with Gasteiger partial charge in [-0.3, -0.25) is 9.59 Å². The van der Waals surface area contributed by atoms with Gasteiger partial charge in [0.2, 0.25) is 5.91 Å². The molecule has 6 nitrogen and oxygen atoms in total. The molecule has 0 spiro atoms. The van der Waals surface area contributed by atoms with Crippen LogP contribution in [0.2, 0.25) is 0 Å². The number of benzene rings is 1. The highest BCUT2D eigenvalue weighted by Crippen LogP contribution is 2.28. The zero-order valence-electron chi connectivity index (χ0n) is 16.2. The van der Waals surface area contributed by atoms with Crippen LogP contribution in [0.4, 0.5) is 0 Å². The Balaban J connectivity index is 0.00000364. The largest absolute Gasteiger partial charge is 0.493 e. The minimum absolute atomic E-state index is 0. The van der Waals surface area contributed by atoms with Gasteiger partial charge in [0.05, 0.1) is 13.7 Å². The fourth-order valence-corrected chi connectivity index (χ4v) is 3.38. The van der Waals surface area contributed by atoms with Gasteiger partial charge in [-0.25, -0.2) is 0 Å². The summed E-state index contributed by atoms with van der Waals surface area (Å²) < 4.78 is 11.0. The highest BCUT2D eigenvalue weighted by molar-refractivity contribution is 5.94. The molecule has 0 aromatic heterocycles. The molecule has 0 radical (unpaired) electrons. The van der Waals surface area contributed by atoms with E-state index in [4.69, 9.17) is 15.2 Å². The summed E-state index contributed by atoms with van der Waals surface area (Å²) in [6.45, 7) is 2.55. The van der Waals surface area contributed by atoms with E-state index in [-0.39, 0.29) is 30.1 Å². The lowest BCUT2D eigenvalue weighted by molar-refractivity contribution is -0.122. The maximum Gasteiger partial charge on any atom is 0.220 e. The lowest BCUT2D eigenvalue weighted by atomic mass is 9.84. The van der Waals surface area contributed by atoms with E-state index < -0.39 is 0 Å². The number of ether oxygens (including phenoxy) is 2. The van der Waals surface area contributed by atoms with Gasteiger partial charge in [0, 0.05) is 18.0 Å². The molecule has 152 valence electrons. The number of hydrogen-bond acceptors (Lipinski definition) is 5. The quantitative estimate of drug-likeness (QED) is 0.492. The van der Waals surface area contributed by atoms with Crippen molar-refractivity contribution in [3.8, 4) is 11.5 Å². The Morgan fingerprint density at radius 3 is 2.63 bits per heavy atom. The molecule has 1 amide bonds. The molecule has 1 aromatic carbocycles. The lowest BCUT2D eigenvalue weighted by Crippen LogP contribution is -2.44. The first-order valence-corrected chi connectivity index (χ1v) is 9.36. The van der Waals surface area contributed by atoms with Crippen LogP contribution in [0.25, 0.3) is 0 Å². The molecule has 2 rings (SSSR count). The summed E-state index contributed by atoms with van der Waals surface area (Å²) in [5, 5.41) is 3.12. The van der Waals surface area contributed by atoms with Crippen LogP contribution in [0, 0.1) is 5.92 Å². The number of methoxy groups -OCH3 is 1. The number of halogens is 1. The second-order valence-corrected chi connectivity index (χ2v) is 6.83. The number of Topliss-reactive ketones (excluding diaryl/α,β-unsaturated/α-hetero) is 1. The summed E-state index contributed by atoms with van der Waals surface area (Å²) in [5.74, 6) is 1.53. The smallest absolute Gasteiger partial charge is 0.220 e. The van der Waals surface area contributed by atoms with E-state index in [0.717, 1.165) is 19.3 Å². The Labute approximate surface area is 167 Å². The third kappa shape index (κ3) is 7.03. The highest BCUT2D eigenvalue weighted by Gasteiger charge is 2.25. The molecule has 0 heterocycles.